The molecule has 0 unspecified atom stereocenters. The minimum Gasteiger partial charge on any atom is -0.481 e. The van der Waals surface area contributed by atoms with E-state index in [9.17, 15) is 18.0 Å². The average molecular weight is 347 g/mol. The third-order valence-electron chi connectivity index (χ3n) is 3.36. The summed E-state index contributed by atoms with van der Waals surface area (Å²) in [7, 11) is -3.75. The number of benzene rings is 2. The number of ketones is 1. The molecule has 126 valence electrons. The number of anilines is 1. The Labute approximate surface area is 140 Å². The summed E-state index contributed by atoms with van der Waals surface area (Å²) < 4.78 is 27.1. The highest BCUT2D eigenvalue weighted by Crippen LogP contribution is 2.18. The molecular weight excluding hydrogens is 330 g/mol. The van der Waals surface area contributed by atoms with Crippen LogP contribution in [0.15, 0.2) is 53.4 Å². The Morgan fingerprint density at radius 3 is 2.08 bits per heavy atom. The molecule has 0 saturated heterocycles. The van der Waals surface area contributed by atoms with Gasteiger partial charge in [-0.3, -0.25) is 14.3 Å². The number of carboxylic acids is 1. The molecule has 2 N–H and O–H groups in total. The molecule has 0 aliphatic rings. The smallest absolute Gasteiger partial charge is 0.303 e. The van der Waals surface area contributed by atoms with Gasteiger partial charge in [0.15, 0.2) is 5.78 Å². The Morgan fingerprint density at radius 2 is 1.54 bits per heavy atom. The molecule has 0 saturated carbocycles. The lowest BCUT2D eigenvalue weighted by atomic mass is 10.1. The van der Waals surface area contributed by atoms with Crippen LogP contribution in [0.1, 0.15) is 28.8 Å². The fraction of sp³-hybridized carbons (Fsp3) is 0.176. The second-order valence-corrected chi connectivity index (χ2v) is 7.00. The van der Waals surface area contributed by atoms with Crippen molar-refractivity contribution in [2.45, 2.75) is 24.7 Å². The van der Waals surface area contributed by atoms with Gasteiger partial charge >= 0.3 is 5.97 Å². The fourth-order valence-electron chi connectivity index (χ4n) is 2.02. The minimum absolute atomic E-state index is 0.0258. The largest absolute Gasteiger partial charge is 0.481 e. The highest BCUT2D eigenvalue weighted by molar-refractivity contribution is 7.92. The molecule has 7 heteroatoms. The number of carbonyl (C=O) groups is 2. The van der Waals surface area contributed by atoms with Crippen LogP contribution in [0.25, 0.3) is 0 Å². The van der Waals surface area contributed by atoms with E-state index in [1.54, 1.807) is 24.3 Å². The summed E-state index contributed by atoms with van der Waals surface area (Å²) in [5.74, 6) is -1.39. The molecule has 0 aliphatic carbocycles. The predicted molar refractivity (Wildman–Crippen MR) is 89.6 cm³/mol. The molecule has 0 fully saturated rings. The Balaban J connectivity index is 2.12. The second kappa shape index (κ2) is 7.27. The van der Waals surface area contributed by atoms with Gasteiger partial charge in [0.2, 0.25) is 0 Å². The first-order valence-electron chi connectivity index (χ1n) is 7.22. The molecular formula is C17H17NO5S. The molecule has 2 aromatic rings. The number of rotatable bonds is 7. The summed E-state index contributed by atoms with van der Waals surface area (Å²) in [4.78, 5) is 22.3. The van der Waals surface area contributed by atoms with Crippen LogP contribution in [0.5, 0.6) is 0 Å². The number of nitrogens with one attached hydrogen (secondary N) is 1. The lowest BCUT2D eigenvalue weighted by Crippen LogP contribution is -2.13. The van der Waals surface area contributed by atoms with Crippen LogP contribution >= 0.6 is 0 Å². The van der Waals surface area contributed by atoms with E-state index in [0.29, 0.717) is 5.69 Å². The first kappa shape index (κ1) is 17.7. The van der Waals surface area contributed by atoms with Crippen molar-refractivity contribution >= 4 is 27.5 Å². The van der Waals surface area contributed by atoms with Gasteiger partial charge < -0.3 is 5.11 Å². The van der Waals surface area contributed by atoms with Gasteiger partial charge in [0.25, 0.3) is 10.0 Å². The van der Waals surface area contributed by atoms with Gasteiger partial charge in [-0.1, -0.05) is 29.8 Å². The van der Waals surface area contributed by atoms with E-state index in [4.69, 9.17) is 5.11 Å². The van der Waals surface area contributed by atoms with Crippen molar-refractivity contribution in [3.63, 3.8) is 0 Å². The molecule has 0 bridgehead atoms. The maximum absolute atomic E-state index is 12.3. The second-order valence-electron chi connectivity index (χ2n) is 5.31. The maximum Gasteiger partial charge on any atom is 0.303 e. The van der Waals surface area contributed by atoms with Crippen LogP contribution in [0, 0.1) is 6.92 Å². The van der Waals surface area contributed by atoms with Crippen LogP contribution < -0.4 is 4.72 Å². The molecule has 24 heavy (non-hydrogen) atoms. The van der Waals surface area contributed by atoms with Crippen LogP contribution in [0.4, 0.5) is 5.69 Å². The Bertz CT molecular complexity index is 840. The molecule has 2 rings (SSSR count). The standard InChI is InChI=1S/C17H17NO5S/c1-12-2-6-14(7-3-12)18-24(22,23)15-8-4-13(5-9-15)16(19)10-11-17(20)21/h2-9,18H,10-11H2,1H3,(H,20,21). The number of sulfonamides is 1. The lowest BCUT2D eigenvalue weighted by molar-refractivity contribution is -0.136. The quantitative estimate of drug-likeness (QED) is 0.750. The number of Topliss-reactive ketones (excluding diaryl/α,β-unsaturated/α-hetero) is 1. The third-order valence-corrected chi connectivity index (χ3v) is 4.75. The summed E-state index contributed by atoms with van der Waals surface area (Å²) in [6.07, 6.45) is -0.378. The normalized spacial score (nSPS) is 11.0. The third kappa shape index (κ3) is 4.66. The maximum atomic E-state index is 12.3. The van der Waals surface area contributed by atoms with Gasteiger partial charge in [-0.2, -0.15) is 0 Å². The van der Waals surface area contributed by atoms with Crippen molar-refractivity contribution in [3.8, 4) is 0 Å². The van der Waals surface area contributed by atoms with E-state index in [1.165, 1.54) is 24.3 Å². The Hall–Kier alpha value is -2.67. The lowest BCUT2D eigenvalue weighted by Gasteiger charge is -2.09. The van der Waals surface area contributed by atoms with Crippen LogP contribution in [0.3, 0.4) is 0 Å². The van der Waals surface area contributed by atoms with E-state index in [-0.39, 0.29) is 29.1 Å². The monoisotopic (exact) mass is 347 g/mol. The highest BCUT2D eigenvalue weighted by Gasteiger charge is 2.15. The fourth-order valence-corrected chi connectivity index (χ4v) is 3.08. The van der Waals surface area contributed by atoms with E-state index in [0.717, 1.165) is 5.56 Å². The average Bonchev–Trinajstić information content (AvgIpc) is 2.54. The van der Waals surface area contributed by atoms with E-state index in [2.05, 4.69) is 4.72 Å². The number of carbonyl (C=O) groups excluding carboxylic acids is 1. The zero-order valence-electron chi connectivity index (χ0n) is 13.0. The van der Waals surface area contributed by atoms with Crippen molar-refractivity contribution in [2.75, 3.05) is 4.72 Å². The van der Waals surface area contributed by atoms with Crippen molar-refractivity contribution in [1.29, 1.82) is 0 Å². The van der Waals surface area contributed by atoms with Gasteiger partial charge in [0.05, 0.1) is 11.3 Å². The van der Waals surface area contributed by atoms with Gasteiger partial charge in [-0.25, -0.2) is 8.42 Å². The van der Waals surface area contributed by atoms with Crippen LogP contribution in [0.2, 0.25) is 0 Å². The summed E-state index contributed by atoms with van der Waals surface area (Å²) in [5, 5.41) is 8.58. The Kier molecular flexibility index (Phi) is 5.35. The molecule has 0 aromatic heterocycles. The molecule has 0 amide bonds. The number of carboxylic acid groups (broad SMARTS) is 1. The molecule has 0 aliphatic heterocycles. The molecule has 2 aromatic carbocycles. The van der Waals surface area contributed by atoms with Crippen molar-refractivity contribution in [1.82, 2.24) is 0 Å². The molecule has 0 heterocycles. The molecule has 6 nitrogen and oxygen atoms in total. The van der Waals surface area contributed by atoms with E-state index >= 15 is 0 Å². The van der Waals surface area contributed by atoms with Crippen LogP contribution in [-0.4, -0.2) is 25.3 Å². The van der Waals surface area contributed by atoms with E-state index in [1.807, 2.05) is 6.92 Å². The zero-order valence-corrected chi connectivity index (χ0v) is 13.8. The van der Waals surface area contributed by atoms with Gasteiger partial charge in [-0.05, 0) is 31.2 Å². The SMILES string of the molecule is Cc1ccc(NS(=O)(=O)c2ccc(C(=O)CCC(=O)O)cc2)cc1. The summed E-state index contributed by atoms with van der Waals surface area (Å²) >= 11 is 0. The summed E-state index contributed by atoms with van der Waals surface area (Å²) in [6, 6.07) is 12.3. The molecule has 0 radical (unpaired) electrons. The van der Waals surface area contributed by atoms with E-state index < -0.39 is 16.0 Å². The summed E-state index contributed by atoms with van der Waals surface area (Å²) in [5.41, 5.74) is 1.75. The molecule has 0 atom stereocenters. The van der Waals surface area contributed by atoms with Crippen molar-refractivity contribution in [3.05, 3.63) is 59.7 Å². The summed E-state index contributed by atoms with van der Waals surface area (Å²) in [6.45, 7) is 1.90. The number of aliphatic carboxylic acids is 1. The topological polar surface area (TPSA) is 101 Å². The number of aryl methyl sites for hydroxylation is 1. The van der Waals surface area contributed by atoms with Gasteiger partial charge in [0, 0.05) is 17.7 Å². The van der Waals surface area contributed by atoms with Crippen molar-refractivity contribution in [2.24, 2.45) is 0 Å². The van der Waals surface area contributed by atoms with Gasteiger partial charge in [-0.15, -0.1) is 0 Å². The predicted octanol–water partition coefficient (Wildman–Crippen LogP) is 2.84. The van der Waals surface area contributed by atoms with Crippen LogP contribution in [-0.2, 0) is 14.8 Å². The van der Waals surface area contributed by atoms with Gasteiger partial charge in [0.1, 0.15) is 0 Å². The number of hydrogen-bond acceptors (Lipinski definition) is 4. The first-order valence-corrected chi connectivity index (χ1v) is 8.71. The Morgan fingerprint density at radius 1 is 0.958 bits per heavy atom. The highest BCUT2D eigenvalue weighted by atomic mass is 32.2. The molecule has 0 spiro atoms. The minimum atomic E-state index is -3.75. The number of hydrogen-bond donors (Lipinski definition) is 2. The van der Waals surface area contributed by atoms with Crippen molar-refractivity contribution < 1.29 is 23.1 Å². The zero-order chi connectivity index (χ0) is 17.7. The first-order chi connectivity index (χ1) is 11.3.